The van der Waals surface area contributed by atoms with E-state index in [1.54, 1.807) is 24.3 Å². The lowest BCUT2D eigenvalue weighted by Crippen LogP contribution is -2.14. The molecule has 0 aliphatic heterocycles. The Bertz CT molecular complexity index is 1040. The highest BCUT2D eigenvalue weighted by atomic mass is 32.2. The number of anilines is 3. The number of ether oxygens (including phenoxy) is 1. The molecule has 150 valence electrons. The Labute approximate surface area is 176 Å². The van der Waals surface area contributed by atoms with Crippen LogP contribution in [0.5, 0.6) is 0 Å². The first-order valence-electron chi connectivity index (χ1n) is 8.74. The summed E-state index contributed by atoms with van der Waals surface area (Å²) >= 11 is 2.69. The first kappa shape index (κ1) is 20.8. The van der Waals surface area contributed by atoms with E-state index < -0.39 is 5.97 Å². The Morgan fingerprint density at radius 1 is 1.14 bits per heavy atom. The van der Waals surface area contributed by atoms with Crippen LogP contribution in [0.3, 0.4) is 0 Å². The maximum atomic E-state index is 12.2. The van der Waals surface area contributed by atoms with E-state index in [2.05, 4.69) is 38.6 Å². The van der Waals surface area contributed by atoms with E-state index in [0.717, 1.165) is 11.3 Å². The van der Waals surface area contributed by atoms with Crippen molar-refractivity contribution >= 4 is 51.5 Å². The summed E-state index contributed by atoms with van der Waals surface area (Å²) in [6.45, 7) is 4.11. The number of hydrogen-bond donors (Lipinski definition) is 2. The molecule has 0 aliphatic rings. The lowest BCUT2D eigenvalue weighted by atomic mass is 10.1. The molecule has 0 aliphatic carbocycles. The summed E-state index contributed by atoms with van der Waals surface area (Å²) in [6.07, 6.45) is 0. The highest BCUT2D eigenvalue weighted by Crippen LogP contribution is 2.29. The van der Waals surface area contributed by atoms with Crippen molar-refractivity contribution in [3.8, 4) is 0 Å². The molecule has 0 bridgehead atoms. The topological polar surface area (TPSA) is 93.2 Å². The highest BCUT2D eigenvalue weighted by molar-refractivity contribution is 8.01. The minimum absolute atomic E-state index is 0.181. The molecule has 2 aromatic carbocycles. The van der Waals surface area contributed by atoms with Crippen molar-refractivity contribution in [2.24, 2.45) is 0 Å². The van der Waals surface area contributed by atoms with Crippen LogP contribution in [-0.4, -0.2) is 34.9 Å². The van der Waals surface area contributed by atoms with Crippen LogP contribution in [0.25, 0.3) is 0 Å². The molecule has 1 amide bonds. The number of hydrogen-bond acceptors (Lipinski definition) is 8. The third kappa shape index (κ3) is 5.55. The monoisotopic (exact) mass is 428 g/mol. The highest BCUT2D eigenvalue weighted by Gasteiger charge is 2.11. The van der Waals surface area contributed by atoms with Crippen LogP contribution in [0.2, 0.25) is 0 Å². The second-order valence-corrected chi connectivity index (χ2v) is 8.35. The Morgan fingerprint density at radius 3 is 2.72 bits per heavy atom. The summed E-state index contributed by atoms with van der Waals surface area (Å²) in [4.78, 5) is 23.8. The smallest absolute Gasteiger partial charge is 0.337 e. The van der Waals surface area contributed by atoms with E-state index in [-0.39, 0.29) is 11.7 Å². The molecule has 1 heterocycles. The van der Waals surface area contributed by atoms with Gasteiger partial charge in [-0.15, -0.1) is 10.2 Å². The SMILES string of the molecule is COC(=O)c1cccc(NC(=O)CSc2nnc(Nc3cccc(C)c3C)s2)c1. The van der Waals surface area contributed by atoms with Gasteiger partial charge in [-0.2, -0.15) is 0 Å². The molecule has 1 aromatic heterocycles. The van der Waals surface area contributed by atoms with Crippen molar-refractivity contribution in [2.45, 2.75) is 18.2 Å². The quantitative estimate of drug-likeness (QED) is 0.425. The van der Waals surface area contributed by atoms with Crippen LogP contribution in [0.1, 0.15) is 21.5 Å². The number of nitrogens with zero attached hydrogens (tertiary/aromatic N) is 2. The van der Waals surface area contributed by atoms with Crippen LogP contribution < -0.4 is 10.6 Å². The number of rotatable bonds is 7. The Hall–Kier alpha value is -2.91. The summed E-state index contributed by atoms with van der Waals surface area (Å²) in [7, 11) is 1.32. The Kier molecular flexibility index (Phi) is 6.84. The second kappa shape index (κ2) is 9.53. The molecule has 0 fully saturated rings. The third-order valence-electron chi connectivity index (χ3n) is 4.15. The summed E-state index contributed by atoms with van der Waals surface area (Å²) in [5, 5.41) is 15.0. The average Bonchev–Trinajstić information content (AvgIpc) is 3.17. The van der Waals surface area contributed by atoms with E-state index in [1.165, 1.54) is 35.8 Å². The normalized spacial score (nSPS) is 10.4. The van der Waals surface area contributed by atoms with Gasteiger partial charge in [-0.1, -0.05) is 41.3 Å². The molecule has 9 heteroatoms. The molecule has 29 heavy (non-hydrogen) atoms. The number of carbonyl (C=O) groups excluding carboxylic acids is 2. The van der Waals surface area contributed by atoms with Gasteiger partial charge in [0.1, 0.15) is 0 Å². The standard InChI is InChI=1S/C20H20N4O3S2/c1-12-6-4-9-16(13(12)2)22-19-23-24-20(29-19)28-11-17(25)21-15-8-5-7-14(10-15)18(26)27-3/h4-10H,11H2,1-3H3,(H,21,25)(H,22,23). The van der Waals surface area contributed by atoms with Gasteiger partial charge in [0, 0.05) is 11.4 Å². The van der Waals surface area contributed by atoms with Crippen LogP contribution in [-0.2, 0) is 9.53 Å². The summed E-state index contributed by atoms with van der Waals surface area (Å²) in [5.74, 6) is -0.468. The molecule has 0 atom stereocenters. The third-order valence-corrected chi connectivity index (χ3v) is 6.12. The molecular formula is C20H20N4O3S2. The largest absolute Gasteiger partial charge is 0.465 e. The zero-order valence-corrected chi connectivity index (χ0v) is 17.8. The van der Waals surface area contributed by atoms with Gasteiger partial charge in [-0.25, -0.2) is 4.79 Å². The van der Waals surface area contributed by atoms with E-state index in [9.17, 15) is 9.59 Å². The van der Waals surface area contributed by atoms with E-state index in [0.29, 0.717) is 20.7 Å². The number of nitrogens with one attached hydrogen (secondary N) is 2. The fourth-order valence-corrected chi connectivity index (χ4v) is 4.05. The molecule has 0 radical (unpaired) electrons. The molecule has 0 saturated heterocycles. The number of esters is 1. The zero-order valence-electron chi connectivity index (χ0n) is 16.2. The summed E-state index contributed by atoms with van der Waals surface area (Å²) < 4.78 is 5.38. The van der Waals surface area contributed by atoms with Gasteiger partial charge >= 0.3 is 5.97 Å². The van der Waals surface area contributed by atoms with Gasteiger partial charge in [-0.3, -0.25) is 4.79 Å². The number of carbonyl (C=O) groups is 2. The first-order chi connectivity index (χ1) is 14.0. The van der Waals surface area contributed by atoms with E-state index in [4.69, 9.17) is 0 Å². The van der Waals surface area contributed by atoms with Crippen LogP contribution in [0.4, 0.5) is 16.5 Å². The molecule has 7 nitrogen and oxygen atoms in total. The molecule has 3 aromatic rings. The average molecular weight is 429 g/mol. The van der Waals surface area contributed by atoms with Gasteiger partial charge in [0.2, 0.25) is 11.0 Å². The maximum absolute atomic E-state index is 12.2. The number of methoxy groups -OCH3 is 1. The van der Waals surface area contributed by atoms with Gasteiger partial charge in [0.05, 0.1) is 18.4 Å². The van der Waals surface area contributed by atoms with Crippen molar-refractivity contribution < 1.29 is 14.3 Å². The fraction of sp³-hybridized carbons (Fsp3) is 0.200. The predicted octanol–water partition coefficient (Wildman–Crippen LogP) is 4.42. The minimum Gasteiger partial charge on any atom is -0.465 e. The van der Waals surface area contributed by atoms with E-state index >= 15 is 0 Å². The molecule has 0 saturated carbocycles. The summed E-state index contributed by atoms with van der Waals surface area (Å²) in [5.41, 5.74) is 4.26. The van der Waals surface area contributed by atoms with Crippen LogP contribution >= 0.6 is 23.1 Å². The lowest BCUT2D eigenvalue weighted by Gasteiger charge is -2.08. The minimum atomic E-state index is -0.451. The van der Waals surface area contributed by atoms with Gasteiger partial charge in [-0.05, 0) is 49.2 Å². The van der Waals surface area contributed by atoms with Crippen molar-refractivity contribution in [1.29, 1.82) is 0 Å². The lowest BCUT2D eigenvalue weighted by molar-refractivity contribution is -0.113. The predicted molar refractivity (Wildman–Crippen MR) is 116 cm³/mol. The van der Waals surface area contributed by atoms with E-state index in [1.807, 2.05) is 19.1 Å². The zero-order chi connectivity index (χ0) is 20.8. The van der Waals surface area contributed by atoms with Crippen molar-refractivity contribution in [3.63, 3.8) is 0 Å². The van der Waals surface area contributed by atoms with Crippen molar-refractivity contribution in [2.75, 3.05) is 23.5 Å². The molecule has 3 rings (SSSR count). The fourth-order valence-electron chi connectivity index (χ4n) is 2.49. The Balaban J connectivity index is 1.55. The second-order valence-electron chi connectivity index (χ2n) is 6.15. The molecule has 0 spiro atoms. The summed E-state index contributed by atoms with van der Waals surface area (Å²) in [6, 6.07) is 12.6. The first-order valence-corrected chi connectivity index (χ1v) is 10.5. The van der Waals surface area contributed by atoms with Crippen molar-refractivity contribution in [1.82, 2.24) is 10.2 Å². The number of amides is 1. The molecular weight excluding hydrogens is 408 g/mol. The number of aromatic nitrogens is 2. The van der Waals surface area contributed by atoms with Crippen LogP contribution in [0, 0.1) is 13.8 Å². The maximum Gasteiger partial charge on any atom is 0.337 e. The van der Waals surface area contributed by atoms with Crippen LogP contribution in [0.15, 0.2) is 46.8 Å². The molecule has 2 N–H and O–H groups in total. The van der Waals surface area contributed by atoms with Crippen molar-refractivity contribution in [3.05, 3.63) is 59.2 Å². The number of aryl methyl sites for hydroxylation is 1. The Morgan fingerprint density at radius 2 is 1.93 bits per heavy atom. The van der Waals surface area contributed by atoms with Gasteiger partial charge in [0.15, 0.2) is 4.34 Å². The number of thioether (sulfide) groups is 1. The van der Waals surface area contributed by atoms with Gasteiger partial charge < -0.3 is 15.4 Å². The number of benzene rings is 2. The molecule has 0 unspecified atom stereocenters. The van der Waals surface area contributed by atoms with Gasteiger partial charge in [0.25, 0.3) is 0 Å².